The molecule has 1 rings (SSSR count). The van der Waals surface area contributed by atoms with Gasteiger partial charge in [-0.3, -0.25) is 4.90 Å². The maximum Gasteiger partial charge on any atom is 0.0932 e. The van der Waals surface area contributed by atoms with Gasteiger partial charge in [0.15, 0.2) is 0 Å². The molecular weight excluding hydrogens is 356 g/mol. The largest absolute Gasteiger partial charge is 0.385 e. The first-order valence-electron chi connectivity index (χ1n) is 10.1. The first-order chi connectivity index (χ1) is 12.6. The molecule has 0 aromatic heterocycles. The van der Waals surface area contributed by atoms with Crippen LogP contribution >= 0.6 is 11.6 Å². The molecule has 3 nitrogen and oxygen atoms in total. The molecule has 1 saturated heterocycles. The lowest BCUT2D eigenvalue weighted by molar-refractivity contribution is -0.0891. The Balaban J connectivity index is 2.79. The van der Waals surface area contributed by atoms with Crippen molar-refractivity contribution in [2.24, 2.45) is 11.3 Å². The van der Waals surface area contributed by atoms with Gasteiger partial charge in [-0.1, -0.05) is 71.0 Å². The van der Waals surface area contributed by atoms with Crippen molar-refractivity contribution in [1.82, 2.24) is 10.2 Å². The first kappa shape index (κ1) is 24.0. The van der Waals surface area contributed by atoms with Crippen LogP contribution in [-0.4, -0.2) is 41.3 Å². The molecule has 0 spiro atoms. The van der Waals surface area contributed by atoms with Gasteiger partial charge in [-0.15, -0.1) is 0 Å². The van der Waals surface area contributed by atoms with Crippen molar-refractivity contribution in [3.63, 3.8) is 0 Å². The van der Waals surface area contributed by atoms with E-state index in [1.54, 1.807) is 6.20 Å². The zero-order valence-corrected chi connectivity index (χ0v) is 18.8. The number of nitrogens with zero attached hydrogens (tertiary/aromatic N) is 1. The summed E-state index contributed by atoms with van der Waals surface area (Å²) < 4.78 is 0. The molecule has 0 radical (unpaired) electrons. The number of aliphatic hydroxyl groups is 1. The number of nitrogens with one attached hydrogen (secondary N) is 1. The van der Waals surface area contributed by atoms with Crippen LogP contribution in [0.5, 0.6) is 0 Å². The second kappa shape index (κ2) is 10.5. The highest BCUT2D eigenvalue weighted by Gasteiger charge is 2.48. The Bertz CT molecular complexity index is 577. The SMILES string of the molecule is C=CN[C@@H](/C=C/CN1CC[C@@](O)(/C(C)=C/C=C(/Cl)CC)C(C)(C)C1)C(C)C. The summed E-state index contributed by atoms with van der Waals surface area (Å²) in [5.41, 5.74) is -0.0490. The topological polar surface area (TPSA) is 35.5 Å². The highest BCUT2D eigenvalue weighted by atomic mass is 35.5. The summed E-state index contributed by atoms with van der Waals surface area (Å²) in [6.45, 7) is 19.1. The predicted molar refractivity (Wildman–Crippen MR) is 119 cm³/mol. The Labute approximate surface area is 171 Å². The number of hydrogen-bond acceptors (Lipinski definition) is 3. The van der Waals surface area contributed by atoms with Gasteiger partial charge in [0.1, 0.15) is 0 Å². The van der Waals surface area contributed by atoms with E-state index < -0.39 is 5.60 Å². The third kappa shape index (κ3) is 6.51. The predicted octanol–water partition coefficient (Wildman–Crippen LogP) is 5.24. The van der Waals surface area contributed by atoms with Crippen LogP contribution < -0.4 is 5.32 Å². The summed E-state index contributed by atoms with van der Waals surface area (Å²) in [5, 5.41) is 15.5. The van der Waals surface area contributed by atoms with E-state index in [9.17, 15) is 5.11 Å². The van der Waals surface area contributed by atoms with Gasteiger partial charge in [-0.25, -0.2) is 0 Å². The summed E-state index contributed by atoms with van der Waals surface area (Å²) >= 11 is 6.12. The number of allylic oxidation sites excluding steroid dienone is 3. The molecule has 0 unspecified atom stereocenters. The monoisotopic (exact) mass is 394 g/mol. The maximum absolute atomic E-state index is 11.4. The molecule has 0 aromatic carbocycles. The Morgan fingerprint density at radius 2 is 2.00 bits per heavy atom. The third-order valence-electron chi connectivity index (χ3n) is 5.77. The second-order valence-corrected chi connectivity index (χ2v) is 9.10. The fourth-order valence-electron chi connectivity index (χ4n) is 3.75. The van der Waals surface area contributed by atoms with Crippen molar-refractivity contribution in [1.29, 1.82) is 0 Å². The van der Waals surface area contributed by atoms with Crippen LogP contribution in [-0.2, 0) is 0 Å². The molecule has 1 aliphatic rings. The van der Waals surface area contributed by atoms with Crippen molar-refractivity contribution in [3.8, 4) is 0 Å². The Kier molecular flexibility index (Phi) is 9.33. The van der Waals surface area contributed by atoms with Crippen LogP contribution in [0.15, 0.2) is 47.7 Å². The van der Waals surface area contributed by atoms with Crippen LogP contribution in [0.25, 0.3) is 0 Å². The minimum absolute atomic E-state index is 0.233. The van der Waals surface area contributed by atoms with Gasteiger partial charge in [0, 0.05) is 36.1 Å². The number of hydrogen-bond donors (Lipinski definition) is 2. The molecule has 0 aliphatic carbocycles. The summed E-state index contributed by atoms with van der Waals surface area (Å²) in [6, 6.07) is 0.303. The molecule has 0 saturated carbocycles. The average Bonchev–Trinajstić information content (AvgIpc) is 2.61. The van der Waals surface area contributed by atoms with Crippen LogP contribution in [0, 0.1) is 11.3 Å². The molecule has 1 heterocycles. The second-order valence-electron chi connectivity index (χ2n) is 8.61. The normalized spacial score (nSPS) is 25.8. The lowest BCUT2D eigenvalue weighted by atomic mass is 9.66. The molecule has 27 heavy (non-hydrogen) atoms. The van der Waals surface area contributed by atoms with E-state index in [0.29, 0.717) is 12.0 Å². The van der Waals surface area contributed by atoms with Crippen LogP contribution in [0.4, 0.5) is 0 Å². The van der Waals surface area contributed by atoms with E-state index in [-0.39, 0.29) is 5.41 Å². The summed E-state index contributed by atoms with van der Waals surface area (Å²) in [5.74, 6) is 0.512. The number of halogens is 1. The smallest absolute Gasteiger partial charge is 0.0932 e. The number of rotatable bonds is 9. The minimum atomic E-state index is -0.806. The van der Waals surface area contributed by atoms with E-state index in [1.807, 2.05) is 26.0 Å². The Hall–Kier alpha value is -1.03. The Morgan fingerprint density at radius 3 is 2.52 bits per heavy atom. The quantitative estimate of drug-likeness (QED) is 0.414. The highest BCUT2D eigenvalue weighted by molar-refractivity contribution is 6.29. The van der Waals surface area contributed by atoms with E-state index in [4.69, 9.17) is 11.6 Å². The van der Waals surface area contributed by atoms with Gasteiger partial charge in [-0.2, -0.15) is 0 Å². The summed E-state index contributed by atoms with van der Waals surface area (Å²) in [7, 11) is 0. The van der Waals surface area contributed by atoms with E-state index in [1.165, 1.54) is 0 Å². The van der Waals surface area contributed by atoms with Gasteiger partial charge < -0.3 is 10.4 Å². The van der Waals surface area contributed by atoms with Gasteiger partial charge in [-0.05, 0) is 43.5 Å². The van der Waals surface area contributed by atoms with Gasteiger partial charge in [0.25, 0.3) is 0 Å². The van der Waals surface area contributed by atoms with E-state index >= 15 is 0 Å². The molecule has 2 N–H and O–H groups in total. The minimum Gasteiger partial charge on any atom is -0.385 e. The van der Waals surface area contributed by atoms with Crippen molar-refractivity contribution in [3.05, 3.63) is 47.7 Å². The standard InChI is InChI=1S/C23H39ClN2O/c1-8-20(24)13-12-19(5)23(27)14-16-26(17-22(23,6)7)15-10-11-21(18(3)4)25-9-2/h9-13,18,21,25,27H,2,8,14-17H2,1,3-7H3/b11-10+,19-12+,20-13+/t21-,23+/m0/s1. The lowest BCUT2D eigenvalue weighted by Crippen LogP contribution is -2.57. The zero-order chi connectivity index (χ0) is 20.7. The fourth-order valence-corrected chi connectivity index (χ4v) is 3.81. The first-order valence-corrected chi connectivity index (χ1v) is 10.5. The fraction of sp³-hybridized carbons (Fsp3) is 0.652. The van der Waals surface area contributed by atoms with Crippen molar-refractivity contribution >= 4 is 11.6 Å². The molecule has 1 aliphatic heterocycles. The number of piperidine rings is 1. The van der Waals surface area contributed by atoms with Crippen LogP contribution in [0.3, 0.4) is 0 Å². The molecule has 154 valence electrons. The van der Waals surface area contributed by atoms with Crippen molar-refractivity contribution in [2.45, 2.75) is 66.0 Å². The molecule has 1 fully saturated rings. The van der Waals surface area contributed by atoms with Gasteiger partial charge in [0.05, 0.1) is 5.60 Å². The number of likely N-dealkylation sites (tertiary alicyclic amines) is 1. The Morgan fingerprint density at radius 1 is 1.33 bits per heavy atom. The van der Waals surface area contributed by atoms with E-state index in [2.05, 4.69) is 56.6 Å². The van der Waals surface area contributed by atoms with E-state index in [0.717, 1.165) is 43.1 Å². The molecular formula is C23H39ClN2O. The van der Waals surface area contributed by atoms with Gasteiger partial charge in [0.2, 0.25) is 0 Å². The molecule has 0 amide bonds. The highest BCUT2D eigenvalue weighted by Crippen LogP contribution is 2.43. The average molecular weight is 395 g/mol. The molecule has 4 heteroatoms. The third-order valence-corrected chi connectivity index (χ3v) is 6.16. The maximum atomic E-state index is 11.4. The van der Waals surface area contributed by atoms with Crippen LogP contribution in [0.2, 0.25) is 0 Å². The summed E-state index contributed by atoms with van der Waals surface area (Å²) in [4.78, 5) is 2.42. The van der Waals surface area contributed by atoms with Crippen molar-refractivity contribution < 1.29 is 5.11 Å². The molecule has 0 bridgehead atoms. The van der Waals surface area contributed by atoms with Gasteiger partial charge >= 0.3 is 0 Å². The summed E-state index contributed by atoms with van der Waals surface area (Å²) in [6.07, 6.45) is 11.7. The lowest BCUT2D eigenvalue weighted by Gasteiger charge is -2.51. The zero-order valence-electron chi connectivity index (χ0n) is 18.1. The van der Waals surface area contributed by atoms with Crippen LogP contribution in [0.1, 0.15) is 54.4 Å². The van der Waals surface area contributed by atoms with Crippen molar-refractivity contribution in [2.75, 3.05) is 19.6 Å². The molecule has 2 atom stereocenters. The molecule has 0 aromatic rings.